The van der Waals surface area contributed by atoms with Gasteiger partial charge in [-0.05, 0) is 36.6 Å². The van der Waals surface area contributed by atoms with Crippen LogP contribution in [0.15, 0.2) is 59.5 Å². The minimum atomic E-state index is -3.48. The zero-order valence-electron chi connectivity index (χ0n) is 17.8. The first kappa shape index (κ1) is 23.1. The quantitative estimate of drug-likeness (QED) is 0.621. The van der Waals surface area contributed by atoms with Gasteiger partial charge in [0.2, 0.25) is 15.9 Å². The molecule has 0 saturated carbocycles. The van der Waals surface area contributed by atoms with E-state index in [0.717, 1.165) is 24.0 Å². The zero-order valence-corrected chi connectivity index (χ0v) is 18.6. The van der Waals surface area contributed by atoms with Crippen LogP contribution in [0.1, 0.15) is 63.6 Å². The summed E-state index contributed by atoms with van der Waals surface area (Å²) in [6, 6.07) is 16.4. The molecule has 2 atom stereocenters. The molecule has 0 bridgehead atoms. The standard InChI is InChI=1S/C23H32N2O3S/c1-5-11-22(20-12-9-8-10-13-20)23(26)24-18(4)19-14-16-21(17-15-19)29(27,28)25(6-2)7-3/h8-10,12-18,22H,5-7,11H2,1-4H3,(H,24,26). The molecule has 0 spiro atoms. The summed E-state index contributed by atoms with van der Waals surface area (Å²) in [4.78, 5) is 13.2. The summed E-state index contributed by atoms with van der Waals surface area (Å²) < 4.78 is 26.7. The Morgan fingerprint density at radius 3 is 2.03 bits per heavy atom. The van der Waals surface area contributed by atoms with Gasteiger partial charge in [0.25, 0.3) is 0 Å². The highest BCUT2D eigenvalue weighted by Gasteiger charge is 2.23. The molecule has 0 radical (unpaired) electrons. The minimum Gasteiger partial charge on any atom is -0.349 e. The third kappa shape index (κ3) is 5.67. The normalized spacial score (nSPS) is 13.8. The Balaban J connectivity index is 2.14. The van der Waals surface area contributed by atoms with Crippen LogP contribution in [0.3, 0.4) is 0 Å². The van der Waals surface area contributed by atoms with Gasteiger partial charge in [0.05, 0.1) is 16.9 Å². The predicted octanol–water partition coefficient (Wildman–Crippen LogP) is 4.48. The first-order valence-corrected chi connectivity index (χ1v) is 11.7. The number of carbonyl (C=O) groups excluding carboxylic acids is 1. The lowest BCUT2D eigenvalue weighted by atomic mass is 9.93. The van der Waals surface area contributed by atoms with Gasteiger partial charge in [-0.2, -0.15) is 4.31 Å². The molecule has 0 fully saturated rings. The maximum atomic E-state index is 12.9. The molecule has 0 heterocycles. The van der Waals surface area contributed by atoms with Crippen molar-refractivity contribution in [3.05, 3.63) is 65.7 Å². The molecule has 1 amide bonds. The number of hydrogen-bond donors (Lipinski definition) is 1. The van der Waals surface area contributed by atoms with Crippen molar-refractivity contribution < 1.29 is 13.2 Å². The Kier molecular flexibility index (Phi) is 8.41. The van der Waals surface area contributed by atoms with E-state index in [1.807, 2.05) is 51.1 Å². The van der Waals surface area contributed by atoms with Gasteiger partial charge in [-0.15, -0.1) is 0 Å². The number of nitrogens with one attached hydrogen (secondary N) is 1. The number of hydrogen-bond acceptors (Lipinski definition) is 3. The molecule has 158 valence electrons. The monoisotopic (exact) mass is 416 g/mol. The van der Waals surface area contributed by atoms with Gasteiger partial charge >= 0.3 is 0 Å². The van der Waals surface area contributed by atoms with E-state index in [1.165, 1.54) is 4.31 Å². The van der Waals surface area contributed by atoms with E-state index in [1.54, 1.807) is 24.3 Å². The second-order valence-electron chi connectivity index (χ2n) is 7.14. The third-order valence-electron chi connectivity index (χ3n) is 5.18. The highest BCUT2D eigenvalue weighted by Crippen LogP contribution is 2.24. The average Bonchev–Trinajstić information content (AvgIpc) is 2.73. The summed E-state index contributed by atoms with van der Waals surface area (Å²) in [7, 11) is -3.48. The molecule has 0 aliphatic carbocycles. The second-order valence-corrected chi connectivity index (χ2v) is 9.08. The van der Waals surface area contributed by atoms with Gasteiger partial charge in [-0.1, -0.05) is 69.7 Å². The van der Waals surface area contributed by atoms with Gasteiger partial charge in [0.1, 0.15) is 0 Å². The largest absolute Gasteiger partial charge is 0.349 e. The van der Waals surface area contributed by atoms with Gasteiger partial charge in [-0.25, -0.2) is 8.42 Å². The number of carbonyl (C=O) groups is 1. The zero-order chi connectivity index (χ0) is 21.4. The van der Waals surface area contributed by atoms with Crippen molar-refractivity contribution in [2.75, 3.05) is 13.1 Å². The molecule has 2 rings (SSSR count). The van der Waals surface area contributed by atoms with Crippen LogP contribution in [-0.4, -0.2) is 31.7 Å². The van der Waals surface area contributed by atoms with Crippen molar-refractivity contribution in [2.24, 2.45) is 0 Å². The molecule has 2 aromatic carbocycles. The van der Waals surface area contributed by atoms with Crippen LogP contribution in [0.2, 0.25) is 0 Å². The number of nitrogens with zero attached hydrogens (tertiary/aromatic N) is 1. The van der Waals surface area contributed by atoms with E-state index in [0.29, 0.717) is 13.1 Å². The van der Waals surface area contributed by atoms with Crippen molar-refractivity contribution in [3.8, 4) is 0 Å². The fourth-order valence-electron chi connectivity index (χ4n) is 3.46. The Bertz CT molecular complexity index is 876. The Morgan fingerprint density at radius 1 is 0.931 bits per heavy atom. The summed E-state index contributed by atoms with van der Waals surface area (Å²) >= 11 is 0. The molecule has 5 nitrogen and oxygen atoms in total. The minimum absolute atomic E-state index is 0.00890. The highest BCUT2D eigenvalue weighted by molar-refractivity contribution is 7.89. The van der Waals surface area contributed by atoms with E-state index < -0.39 is 10.0 Å². The molecule has 6 heteroatoms. The fourth-order valence-corrected chi connectivity index (χ4v) is 4.92. The molecule has 2 unspecified atom stereocenters. The van der Waals surface area contributed by atoms with Crippen molar-refractivity contribution in [2.45, 2.75) is 57.4 Å². The van der Waals surface area contributed by atoms with Crippen LogP contribution in [-0.2, 0) is 14.8 Å². The van der Waals surface area contributed by atoms with Crippen molar-refractivity contribution in [3.63, 3.8) is 0 Å². The van der Waals surface area contributed by atoms with Crippen molar-refractivity contribution in [1.29, 1.82) is 0 Å². The number of rotatable bonds is 10. The van der Waals surface area contributed by atoms with E-state index in [-0.39, 0.29) is 22.8 Å². The van der Waals surface area contributed by atoms with Crippen LogP contribution in [0.5, 0.6) is 0 Å². The van der Waals surface area contributed by atoms with Crippen LogP contribution in [0.25, 0.3) is 0 Å². The summed E-state index contributed by atoms with van der Waals surface area (Å²) in [6.07, 6.45) is 1.70. The van der Waals surface area contributed by atoms with E-state index in [2.05, 4.69) is 12.2 Å². The summed E-state index contributed by atoms with van der Waals surface area (Å²) in [6.45, 7) is 8.51. The summed E-state index contributed by atoms with van der Waals surface area (Å²) in [5, 5.41) is 3.08. The van der Waals surface area contributed by atoms with Crippen LogP contribution >= 0.6 is 0 Å². The van der Waals surface area contributed by atoms with Gasteiger partial charge < -0.3 is 5.32 Å². The third-order valence-corrected chi connectivity index (χ3v) is 7.24. The van der Waals surface area contributed by atoms with Crippen LogP contribution < -0.4 is 5.32 Å². The van der Waals surface area contributed by atoms with E-state index in [4.69, 9.17) is 0 Å². The molecule has 0 aliphatic heterocycles. The summed E-state index contributed by atoms with van der Waals surface area (Å²) in [5.74, 6) is -0.198. The first-order chi connectivity index (χ1) is 13.8. The van der Waals surface area contributed by atoms with Gasteiger partial charge in [0, 0.05) is 13.1 Å². The topological polar surface area (TPSA) is 66.5 Å². The molecular formula is C23H32N2O3S. The maximum absolute atomic E-state index is 12.9. The summed E-state index contributed by atoms with van der Waals surface area (Å²) in [5.41, 5.74) is 1.89. The lowest BCUT2D eigenvalue weighted by Crippen LogP contribution is -2.32. The fraction of sp³-hybridized carbons (Fsp3) is 0.435. The molecule has 0 aliphatic rings. The second kappa shape index (κ2) is 10.6. The SMILES string of the molecule is CCCC(C(=O)NC(C)c1ccc(S(=O)(=O)N(CC)CC)cc1)c1ccccc1. The molecule has 0 aromatic heterocycles. The first-order valence-electron chi connectivity index (χ1n) is 10.3. The smallest absolute Gasteiger partial charge is 0.243 e. The highest BCUT2D eigenvalue weighted by atomic mass is 32.2. The van der Waals surface area contributed by atoms with Crippen molar-refractivity contribution >= 4 is 15.9 Å². The lowest BCUT2D eigenvalue weighted by molar-refractivity contribution is -0.123. The average molecular weight is 417 g/mol. The number of amides is 1. The molecule has 29 heavy (non-hydrogen) atoms. The molecule has 0 saturated heterocycles. The Labute approximate surface area is 175 Å². The van der Waals surface area contributed by atoms with Gasteiger partial charge in [0.15, 0.2) is 0 Å². The number of benzene rings is 2. The lowest BCUT2D eigenvalue weighted by Gasteiger charge is -2.21. The van der Waals surface area contributed by atoms with Crippen molar-refractivity contribution in [1.82, 2.24) is 9.62 Å². The number of sulfonamides is 1. The molecular weight excluding hydrogens is 384 g/mol. The maximum Gasteiger partial charge on any atom is 0.243 e. The Hall–Kier alpha value is -2.18. The molecule has 2 aromatic rings. The Morgan fingerprint density at radius 2 is 1.52 bits per heavy atom. The van der Waals surface area contributed by atoms with E-state index in [9.17, 15) is 13.2 Å². The molecule has 1 N–H and O–H groups in total. The van der Waals surface area contributed by atoms with Crippen LogP contribution in [0, 0.1) is 0 Å². The predicted molar refractivity (Wildman–Crippen MR) is 117 cm³/mol. The van der Waals surface area contributed by atoms with E-state index >= 15 is 0 Å². The van der Waals surface area contributed by atoms with Crippen LogP contribution in [0.4, 0.5) is 0 Å². The van der Waals surface area contributed by atoms with Gasteiger partial charge in [-0.3, -0.25) is 4.79 Å².